The maximum atomic E-state index is 12.2. The molecule has 2 N–H and O–H groups in total. The fourth-order valence-corrected chi connectivity index (χ4v) is 3.24. The molecule has 2 aliphatic rings. The molecule has 2 aliphatic heterocycles. The molecule has 0 spiro atoms. The largest absolute Gasteiger partial charge is 0.352 e. The monoisotopic (exact) mass is 257 g/mol. The zero-order valence-electron chi connectivity index (χ0n) is 10.1. The predicted molar refractivity (Wildman–Crippen MR) is 67.9 cm³/mol. The Morgan fingerprint density at radius 3 is 2.94 bits per heavy atom. The van der Waals surface area contributed by atoms with Crippen LogP contribution >= 0.6 is 11.8 Å². The molecular weight excluding hydrogens is 238 g/mol. The number of carbonyl (C=O) groups is 2. The molecule has 2 amide bonds. The highest BCUT2D eigenvalue weighted by Crippen LogP contribution is 2.14. The Morgan fingerprint density at radius 1 is 1.47 bits per heavy atom. The van der Waals surface area contributed by atoms with Gasteiger partial charge in [-0.3, -0.25) is 9.59 Å². The smallest absolute Gasteiger partial charge is 0.240 e. The van der Waals surface area contributed by atoms with E-state index in [-0.39, 0.29) is 23.9 Å². The maximum absolute atomic E-state index is 12.2. The third kappa shape index (κ3) is 3.35. The van der Waals surface area contributed by atoms with E-state index in [1.54, 1.807) is 0 Å². The van der Waals surface area contributed by atoms with Gasteiger partial charge in [-0.25, -0.2) is 0 Å². The van der Waals surface area contributed by atoms with Crippen molar-refractivity contribution in [1.29, 1.82) is 0 Å². The lowest BCUT2D eigenvalue weighted by atomic mass is 10.2. The Bertz CT molecular complexity index is 305. The molecule has 2 heterocycles. The number of hydrogen-bond acceptors (Lipinski definition) is 4. The molecule has 0 aromatic heterocycles. The predicted octanol–water partition coefficient (Wildman–Crippen LogP) is -0.572. The van der Waals surface area contributed by atoms with Crippen LogP contribution in [-0.2, 0) is 9.59 Å². The standard InChI is InChI=1S/C11H19N3O2S/c1-8(15)13-9-2-4-14(6-9)11(16)10-7-17-5-3-12-10/h9-10,12H,2-7H2,1H3,(H,13,15). The van der Waals surface area contributed by atoms with E-state index in [2.05, 4.69) is 10.6 Å². The highest BCUT2D eigenvalue weighted by Gasteiger charge is 2.31. The molecule has 2 fully saturated rings. The zero-order valence-corrected chi connectivity index (χ0v) is 10.9. The average Bonchev–Trinajstić information content (AvgIpc) is 2.77. The second-order valence-corrected chi connectivity index (χ2v) is 5.70. The van der Waals surface area contributed by atoms with E-state index in [9.17, 15) is 9.59 Å². The fourth-order valence-electron chi connectivity index (χ4n) is 2.31. The molecule has 0 aromatic rings. The molecule has 2 unspecified atom stereocenters. The van der Waals surface area contributed by atoms with E-state index in [1.807, 2.05) is 16.7 Å². The van der Waals surface area contributed by atoms with Crippen LogP contribution in [0.1, 0.15) is 13.3 Å². The van der Waals surface area contributed by atoms with Crippen LogP contribution in [-0.4, -0.2) is 59.9 Å². The molecule has 2 rings (SSSR count). The highest BCUT2D eigenvalue weighted by molar-refractivity contribution is 7.99. The first-order valence-electron chi connectivity index (χ1n) is 6.04. The van der Waals surface area contributed by atoms with Gasteiger partial charge in [0.2, 0.25) is 11.8 Å². The topological polar surface area (TPSA) is 61.4 Å². The normalized spacial score (nSPS) is 29.1. The minimum atomic E-state index is -0.0372. The first kappa shape index (κ1) is 12.7. The van der Waals surface area contributed by atoms with Gasteiger partial charge in [-0.2, -0.15) is 11.8 Å². The summed E-state index contributed by atoms with van der Waals surface area (Å²) in [5, 5.41) is 6.12. The Morgan fingerprint density at radius 2 is 2.29 bits per heavy atom. The van der Waals surface area contributed by atoms with E-state index >= 15 is 0 Å². The third-order valence-corrected chi connectivity index (χ3v) is 4.19. The number of nitrogens with one attached hydrogen (secondary N) is 2. The van der Waals surface area contributed by atoms with Crippen LogP contribution in [0, 0.1) is 0 Å². The summed E-state index contributed by atoms with van der Waals surface area (Å²) in [5.74, 6) is 2.11. The van der Waals surface area contributed by atoms with E-state index in [0.717, 1.165) is 31.0 Å². The van der Waals surface area contributed by atoms with Crippen molar-refractivity contribution in [2.45, 2.75) is 25.4 Å². The van der Waals surface area contributed by atoms with Crippen molar-refractivity contribution in [3.63, 3.8) is 0 Å². The molecular formula is C11H19N3O2S. The molecule has 2 atom stereocenters. The minimum Gasteiger partial charge on any atom is -0.352 e. The van der Waals surface area contributed by atoms with E-state index in [4.69, 9.17) is 0 Å². The molecule has 5 nitrogen and oxygen atoms in total. The Labute approximate surface area is 106 Å². The molecule has 96 valence electrons. The van der Waals surface area contributed by atoms with Crippen LogP contribution < -0.4 is 10.6 Å². The molecule has 0 bridgehead atoms. The van der Waals surface area contributed by atoms with E-state index in [1.165, 1.54) is 6.92 Å². The van der Waals surface area contributed by atoms with Gasteiger partial charge < -0.3 is 15.5 Å². The maximum Gasteiger partial charge on any atom is 0.240 e. The van der Waals surface area contributed by atoms with Crippen LogP contribution in [0.15, 0.2) is 0 Å². The number of rotatable bonds is 2. The zero-order chi connectivity index (χ0) is 12.3. The van der Waals surface area contributed by atoms with E-state index < -0.39 is 0 Å². The van der Waals surface area contributed by atoms with Crippen molar-refractivity contribution in [3.05, 3.63) is 0 Å². The first-order valence-corrected chi connectivity index (χ1v) is 7.19. The summed E-state index contributed by atoms with van der Waals surface area (Å²) < 4.78 is 0. The lowest BCUT2D eigenvalue weighted by Gasteiger charge is -2.27. The first-order chi connectivity index (χ1) is 8.16. The van der Waals surface area contributed by atoms with Gasteiger partial charge in [0.25, 0.3) is 0 Å². The lowest BCUT2D eigenvalue weighted by Crippen LogP contribution is -2.50. The van der Waals surface area contributed by atoms with Gasteiger partial charge in [-0.05, 0) is 6.42 Å². The highest BCUT2D eigenvalue weighted by atomic mass is 32.2. The number of hydrogen-bond donors (Lipinski definition) is 2. The van der Waals surface area contributed by atoms with Crippen molar-refractivity contribution >= 4 is 23.6 Å². The molecule has 6 heteroatoms. The molecule has 0 aromatic carbocycles. The van der Waals surface area contributed by atoms with Gasteiger partial charge in [0.15, 0.2) is 0 Å². The number of nitrogens with zero attached hydrogens (tertiary/aromatic N) is 1. The summed E-state index contributed by atoms with van der Waals surface area (Å²) in [6.07, 6.45) is 0.866. The fraction of sp³-hybridized carbons (Fsp3) is 0.818. The second-order valence-electron chi connectivity index (χ2n) is 4.55. The summed E-state index contributed by atoms with van der Waals surface area (Å²) in [5.41, 5.74) is 0. The summed E-state index contributed by atoms with van der Waals surface area (Å²) in [7, 11) is 0. The van der Waals surface area contributed by atoms with Crippen molar-refractivity contribution < 1.29 is 9.59 Å². The minimum absolute atomic E-state index is 0.0179. The van der Waals surface area contributed by atoms with Gasteiger partial charge in [-0.15, -0.1) is 0 Å². The van der Waals surface area contributed by atoms with E-state index in [0.29, 0.717) is 6.54 Å². The molecule has 0 saturated carbocycles. The molecule has 0 radical (unpaired) electrons. The van der Waals surface area contributed by atoms with Crippen LogP contribution in [0.2, 0.25) is 0 Å². The number of carbonyl (C=O) groups excluding carboxylic acids is 2. The van der Waals surface area contributed by atoms with Crippen molar-refractivity contribution in [2.75, 3.05) is 31.1 Å². The second kappa shape index (κ2) is 5.73. The summed E-state index contributed by atoms with van der Waals surface area (Å²) >= 11 is 1.82. The summed E-state index contributed by atoms with van der Waals surface area (Å²) in [6.45, 7) is 3.84. The average molecular weight is 257 g/mol. The van der Waals surface area contributed by atoms with Crippen LogP contribution in [0.5, 0.6) is 0 Å². The van der Waals surface area contributed by atoms with Gasteiger partial charge in [0, 0.05) is 44.1 Å². The molecule has 17 heavy (non-hydrogen) atoms. The van der Waals surface area contributed by atoms with Crippen LogP contribution in [0.4, 0.5) is 0 Å². The lowest BCUT2D eigenvalue weighted by molar-refractivity contribution is -0.132. The quantitative estimate of drug-likeness (QED) is 0.695. The van der Waals surface area contributed by atoms with Crippen LogP contribution in [0.25, 0.3) is 0 Å². The van der Waals surface area contributed by atoms with Gasteiger partial charge >= 0.3 is 0 Å². The Balaban J connectivity index is 1.82. The summed E-state index contributed by atoms with van der Waals surface area (Å²) in [6, 6.07) is 0.0949. The van der Waals surface area contributed by atoms with Crippen molar-refractivity contribution in [3.8, 4) is 0 Å². The number of amides is 2. The Kier molecular flexibility index (Phi) is 4.28. The van der Waals surface area contributed by atoms with Gasteiger partial charge in [-0.1, -0.05) is 0 Å². The van der Waals surface area contributed by atoms with Crippen molar-refractivity contribution in [2.24, 2.45) is 0 Å². The van der Waals surface area contributed by atoms with Gasteiger partial charge in [0.1, 0.15) is 0 Å². The Hall–Kier alpha value is -0.750. The third-order valence-electron chi connectivity index (χ3n) is 3.13. The molecule has 0 aliphatic carbocycles. The molecule has 2 saturated heterocycles. The number of likely N-dealkylation sites (tertiary alicyclic amines) is 1. The SMILES string of the molecule is CC(=O)NC1CCN(C(=O)C2CSCCN2)C1. The van der Waals surface area contributed by atoms with Crippen LogP contribution in [0.3, 0.4) is 0 Å². The van der Waals surface area contributed by atoms with Gasteiger partial charge in [0.05, 0.1) is 6.04 Å². The van der Waals surface area contributed by atoms with Crippen molar-refractivity contribution in [1.82, 2.24) is 15.5 Å². The summed E-state index contributed by atoms with van der Waals surface area (Å²) in [4.78, 5) is 25.0. The number of thioether (sulfide) groups is 1.